The summed E-state index contributed by atoms with van der Waals surface area (Å²) in [5.41, 5.74) is 3.30. The summed E-state index contributed by atoms with van der Waals surface area (Å²) in [6.07, 6.45) is 0.700. The van der Waals surface area contributed by atoms with Gasteiger partial charge in [-0.25, -0.2) is 5.43 Å². The predicted molar refractivity (Wildman–Crippen MR) is 131 cm³/mol. The molecule has 172 valence electrons. The van der Waals surface area contributed by atoms with Crippen LogP contribution in [-0.2, 0) is 16.0 Å². The summed E-state index contributed by atoms with van der Waals surface area (Å²) in [5.74, 6) is -0.225. The van der Waals surface area contributed by atoms with Gasteiger partial charge in [-0.1, -0.05) is 53.5 Å². The molecule has 7 nitrogen and oxygen atoms in total. The molecule has 1 heterocycles. The molecule has 2 atom stereocenters. The lowest BCUT2D eigenvalue weighted by Crippen LogP contribution is -2.50. The average Bonchev–Trinajstić information content (AvgIpc) is 3.20. The summed E-state index contributed by atoms with van der Waals surface area (Å²) >= 11 is 15.2. The number of hydrogen-bond acceptors (Lipinski definition) is 5. The number of ether oxygens (including phenoxy) is 1. The smallest absolute Gasteiger partial charge is 0.262 e. The van der Waals surface area contributed by atoms with E-state index in [-0.39, 0.29) is 11.4 Å². The molecule has 0 bridgehead atoms. The van der Waals surface area contributed by atoms with Gasteiger partial charge in [0.05, 0.1) is 11.2 Å². The fraction of sp³-hybridized carbons (Fsp3) is 0.174. The number of rotatable bonds is 9. The molecule has 10 heteroatoms. The van der Waals surface area contributed by atoms with Gasteiger partial charge < -0.3 is 14.5 Å². The van der Waals surface area contributed by atoms with E-state index in [0.29, 0.717) is 21.2 Å². The molecule has 3 aromatic rings. The van der Waals surface area contributed by atoms with Crippen LogP contribution >= 0.6 is 39.1 Å². The van der Waals surface area contributed by atoms with Gasteiger partial charge in [-0.05, 0) is 58.7 Å². The van der Waals surface area contributed by atoms with Crippen LogP contribution in [0, 0.1) is 0 Å². The van der Waals surface area contributed by atoms with E-state index in [2.05, 4.69) is 31.8 Å². The van der Waals surface area contributed by atoms with Crippen molar-refractivity contribution < 1.29 is 18.7 Å². The lowest BCUT2D eigenvalue weighted by molar-refractivity contribution is -0.132. The van der Waals surface area contributed by atoms with Crippen LogP contribution in [0.5, 0.6) is 5.75 Å². The third kappa shape index (κ3) is 7.63. The van der Waals surface area contributed by atoms with Gasteiger partial charge in [0.25, 0.3) is 11.8 Å². The molecule has 2 aromatic carbocycles. The predicted octanol–water partition coefficient (Wildman–Crippen LogP) is 4.99. The van der Waals surface area contributed by atoms with E-state index in [9.17, 15) is 9.59 Å². The fourth-order valence-electron chi connectivity index (χ4n) is 2.80. The second-order valence-electron chi connectivity index (χ2n) is 6.96. The Morgan fingerprint density at radius 1 is 1.12 bits per heavy atom. The highest BCUT2D eigenvalue weighted by Gasteiger charge is 2.25. The second kappa shape index (κ2) is 11.9. The topological polar surface area (TPSA) is 92.9 Å². The fourth-order valence-corrected chi connectivity index (χ4v) is 3.57. The highest BCUT2D eigenvalue weighted by molar-refractivity contribution is 9.10. The molecule has 0 aliphatic rings. The molecule has 0 saturated heterocycles. The van der Waals surface area contributed by atoms with Crippen molar-refractivity contribution in [2.45, 2.75) is 25.5 Å². The van der Waals surface area contributed by atoms with Crippen molar-refractivity contribution in [2.24, 2.45) is 5.10 Å². The van der Waals surface area contributed by atoms with Crippen LogP contribution in [0.25, 0.3) is 0 Å². The Balaban J connectivity index is 1.67. The largest absolute Gasteiger partial charge is 0.479 e. The number of hydrogen-bond donors (Lipinski definition) is 2. The van der Waals surface area contributed by atoms with Crippen LogP contribution in [0.4, 0.5) is 0 Å². The van der Waals surface area contributed by atoms with Crippen molar-refractivity contribution in [3.8, 4) is 5.75 Å². The number of halogens is 3. The summed E-state index contributed by atoms with van der Waals surface area (Å²) in [7, 11) is 0. The first kappa shape index (κ1) is 24.8. The molecule has 2 N–H and O–H groups in total. The van der Waals surface area contributed by atoms with Crippen LogP contribution in [-0.4, -0.2) is 30.2 Å². The first-order valence-electron chi connectivity index (χ1n) is 9.86. The van der Waals surface area contributed by atoms with Gasteiger partial charge >= 0.3 is 0 Å². The van der Waals surface area contributed by atoms with E-state index in [4.69, 9.17) is 32.4 Å². The molecule has 2 amide bonds. The number of nitrogens with zero attached hydrogens (tertiary/aromatic N) is 1. The maximum atomic E-state index is 12.8. The van der Waals surface area contributed by atoms with E-state index in [1.165, 1.54) is 12.3 Å². The number of benzene rings is 2. The maximum absolute atomic E-state index is 12.8. The Labute approximate surface area is 209 Å². The van der Waals surface area contributed by atoms with Crippen molar-refractivity contribution >= 4 is 57.2 Å². The number of carbonyl (C=O) groups is 2. The van der Waals surface area contributed by atoms with E-state index >= 15 is 0 Å². The van der Waals surface area contributed by atoms with Crippen molar-refractivity contribution in [1.29, 1.82) is 0 Å². The standard InChI is InChI=1S/C23H20BrCl2N3O4/c1-14(32-20-9-7-16(25)12-18(20)26)22(30)28-19(11-15-5-3-2-4-6-15)23(31)29-27-13-17-8-10-21(24)33-17/h2-10,12-14,19H,11H2,1H3,(H,28,30)(H,29,31)/b27-13-/t14-,19+/m0/s1. The van der Waals surface area contributed by atoms with E-state index in [1.807, 2.05) is 30.3 Å². The Bertz CT molecular complexity index is 1140. The normalized spacial score (nSPS) is 12.8. The van der Waals surface area contributed by atoms with Crippen LogP contribution in [0.1, 0.15) is 18.2 Å². The molecule has 33 heavy (non-hydrogen) atoms. The molecule has 0 aliphatic heterocycles. The summed E-state index contributed by atoms with van der Waals surface area (Å²) in [6, 6.07) is 16.5. The van der Waals surface area contributed by atoms with Gasteiger partial charge in [0.2, 0.25) is 0 Å². The highest BCUT2D eigenvalue weighted by Crippen LogP contribution is 2.28. The highest BCUT2D eigenvalue weighted by atomic mass is 79.9. The minimum Gasteiger partial charge on any atom is -0.479 e. The van der Waals surface area contributed by atoms with Crippen LogP contribution in [0.15, 0.2) is 74.9 Å². The SMILES string of the molecule is C[C@H](Oc1ccc(Cl)cc1Cl)C(=O)N[C@H](Cc1ccccc1)C(=O)N/N=C\c1ccc(Br)o1. The first-order chi connectivity index (χ1) is 15.8. The number of furan rings is 1. The molecule has 0 fully saturated rings. The van der Waals surface area contributed by atoms with Crippen LogP contribution in [0.2, 0.25) is 10.0 Å². The van der Waals surface area contributed by atoms with Crippen molar-refractivity contribution in [1.82, 2.24) is 10.7 Å². The minimum absolute atomic E-state index is 0.259. The second-order valence-corrected chi connectivity index (χ2v) is 8.59. The molecule has 1 aromatic heterocycles. The van der Waals surface area contributed by atoms with E-state index < -0.39 is 24.0 Å². The number of nitrogens with one attached hydrogen (secondary N) is 2. The zero-order valence-electron chi connectivity index (χ0n) is 17.4. The van der Waals surface area contributed by atoms with Gasteiger partial charge in [-0.2, -0.15) is 5.10 Å². The zero-order chi connectivity index (χ0) is 23.8. The molecule has 0 unspecified atom stereocenters. The minimum atomic E-state index is -0.918. The molecule has 0 saturated carbocycles. The van der Waals surface area contributed by atoms with Crippen molar-refractivity contribution in [3.05, 3.63) is 86.7 Å². The Morgan fingerprint density at radius 3 is 2.55 bits per heavy atom. The molecular formula is C23H20BrCl2N3O4. The Morgan fingerprint density at radius 2 is 1.88 bits per heavy atom. The quantitative estimate of drug-likeness (QED) is 0.289. The Kier molecular flexibility index (Phi) is 8.94. The molecular weight excluding hydrogens is 533 g/mol. The summed E-state index contributed by atoms with van der Waals surface area (Å²) in [4.78, 5) is 25.6. The van der Waals surface area contributed by atoms with Gasteiger partial charge in [-0.3, -0.25) is 9.59 Å². The van der Waals surface area contributed by atoms with Crippen molar-refractivity contribution in [2.75, 3.05) is 0 Å². The van der Waals surface area contributed by atoms with Gasteiger partial charge in [0, 0.05) is 11.4 Å². The lowest BCUT2D eigenvalue weighted by Gasteiger charge is -2.21. The van der Waals surface area contributed by atoms with Gasteiger partial charge in [0.1, 0.15) is 17.6 Å². The molecule has 0 spiro atoms. The summed E-state index contributed by atoms with van der Waals surface area (Å²) < 4.78 is 11.5. The summed E-state index contributed by atoms with van der Waals surface area (Å²) in [6.45, 7) is 1.56. The van der Waals surface area contributed by atoms with Gasteiger partial charge in [0.15, 0.2) is 10.8 Å². The van der Waals surface area contributed by atoms with Crippen LogP contribution < -0.4 is 15.5 Å². The third-order valence-corrected chi connectivity index (χ3v) is 5.40. The monoisotopic (exact) mass is 551 g/mol. The Hall–Kier alpha value is -2.81. The molecule has 3 rings (SSSR count). The van der Waals surface area contributed by atoms with Gasteiger partial charge in [-0.15, -0.1) is 0 Å². The lowest BCUT2D eigenvalue weighted by atomic mass is 10.1. The zero-order valence-corrected chi connectivity index (χ0v) is 20.5. The average molecular weight is 553 g/mol. The number of hydrazone groups is 1. The third-order valence-electron chi connectivity index (χ3n) is 4.44. The maximum Gasteiger partial charge on any atom is 0.262 e. The van der Waals surface area contributed by atoms with E-state index in [0.717, 1.165) is 5.56 Å². The first-order valence-corrected chi connectivity index (χ1v) is 11.4. The molecule has 0 aliphatic carbocycles. The van der Waals surface area contributed by atoms with Crippen LogP contribution in [0.3, 0.4) is 0 Å². The summed E-state index contributed by atoms with van der Waals surface area (Å²) in [5, 5.41) is 7.35. The number of carbonyl (C=O) groups excluding carboxylic acids is 2. The molecule has 0 radical (unpaired) electrons. The van der Waals surface area contributed by atoms with E-state index in [1.54, 1.807) is 31.2 Å². The number of amides is 2. The van der Waals surface area contributed by atoms with Crippen molar-refractivity contribution in [3.63, 3.8) is 0 Å².